The van der Waals surface area contributed by atoms with Crippen LogP contribution in [0.15, 0.2) is 65.7 Å². The van der Waals surface area contributed by atoms with E-state index in [0.717, 1.165) is 21.9 Å². The first-order valence-electron chi connectivity index (χ1n) is 7.24. The van der Waals surface area contributed by atoms with Gasteiger partial charge in [0.25, 0.3) is 5.91 Å². The quantitative estimate of drug-likeness (QED) is 0.431. The predicted octanol–water partition coefficient (Wildman–Crippen LogP) is 3.47. The van der Waals surface area contributed by atoms with Crippen molar-refractivity contribution in [2.75, 3.05) is 0 Å². The van der Waals surface area contributed by atoms with Gasteiger partial charge in [-0.1, -0.05) is 48.5 Å². The zero-order chi connectivity index (χ0) is 17.1. The minimum atomic E-state index is -0.495. The summed E-state index contributed by atoms with van der Waals surface area (Å²) in [5.74, 6) is -0.767. The molecule has 3 rings (SSSR count). The maximum absolute atomic E-state index is 12.1. The van der Waals surface area contributed by atoms with Crippen LogP contribution in [-0.4, -0.2) is 11.9 Å². The lowest BCUT2D eigenvalue weighted by Crippen LogP contribution is -2.24. The summed E-state index contributed by atoms with van der Waals surface area (Å²) in [6.45, 7) is 7.35. The second-order valence-corrected chi connectivity index (χ2v) is 5.21. The zero-order valence-corrected chi connectivity index (χ0v) is 12.7. The number of amides is 1. The number of benzene rings is 3. The molecule has 0 bridgehead atoms. The molecule has 4 N–H and O–H groups in total. The zero-order valence-electron chi connectivity index (χ0n) is 12.7. The van der Waals surface area contributed by atoms with Gasteiger partial charge in [-0.3, -0.25) is 4.79 Å². The first kappa shape index (κ1) is 15.3. The van der Waals surface area contributed by atoms with Crippen LogP contribution in [0.4, 0.5) is 5.69 Å². The van der Waals surface area contributed by atoms with Gasteiger partial charge >= 0.3 is 0 Å². The van der Waals surface area contributed by atoms with E-state index >= 15 is 0 Å². The Bertz CT molecular complexity index is 1010. The van der Waals surface area contributed by atoms with E-state index in [4.69, 9.17) is 18.0 Å². The third-order valence-electron chi connectivity index (χ3n) is 3.67. The van der Waals surface area contributed by atoms with E-state index in [2.05, 4.69) is 9.84 Å². The van der Waals surface area contributed by atoms with Gasteiger partial charge in [-0.15, -0.1) is 0 Å². The van der Waals surface area contributed by atoms with Gasteiger partial charge in [-0.25, -0.2) is 4.85 Å². The van der Waals surface area contributed by atoms with Crippen molar-refractivity contribution in [1.82, 2.24) is 0 Å². The minimum Gasteiger partial charge on any atom is -0.370 e. The summed E-state index contributed by atoms with van der Waals surface area (Å²) in [4.78, 5) is 19.2. The van der Waals surface area contributed by atoms with E-state index in [1.54, 1.807) is 18.2 Å². The van der Waals surface area contributed by atoms with Crippen molar-refractivity contribution >= 4 is 28.3 Å². The molecule has 24 heavy (non-hydrogen) atoms. The highest BCUT2D eigenvalue weighted by atomic mass is 16.1. The van der Waals surface area contributed by atoms with Crippen LogP contribution < -0.4 is 11.5 Å². The van der Waals surface area contributed by atoms with Crippen LogP contribution in [0.5, 0.6) is 0 Å². The standard InChI is InChI=1S/C19H14N4O/c1-22-17-8-3-2-6-15(17)14-7-4-5-12-9-10-13(11-16(12)14)18(24)23-19(20)21/h2-11H,(H4,20,21,23,24). The largest absolute Gasteiger partial charge is 0.370 e. The summed E-state index contributed by atoms with van der Waals surface area (Å²) < 4.78 is 0. The van der Waals surface area contributed by atoms with E-state index in [-0.39, 0.29) is 5.96 Å². The van der Waals surface area contributed by atoms with Crippen LogP contribution in [-0.2, 0) is 0 Å². The topological polar surface area (TPSA) is 85.8 Å². The van der Waals surface area contributed by atoms with Gasteiger partial charge in [-0.05, 0) is 34.0 Å². The number of nitrogens with two attached hydrogens (primary N) is 2. The van der Waals surface area contributed by atoms with Gasteiger partial charge < -0.3 is 11.5 Å². The molecule has 0 unspecified atom stereocenters. The SMILES string of the molecule is [C-]#[N+]c1ccccc1-c1cccc2ccc(C(=O)N=C(N)N)cc12. The van der Waals surface area contributed by atoms with Crippen molar-refractivity contribution in [2.45, 2.75) is 0 Å². The molecule has 0 aromatic heterocycles. The molecule has 0 aliphatic rings. The Morgan fingerprint density at radius 3 is 2.46 bits per heavy atom. The van der Waals surface area contributed by atoms with Gasteiger partial charge in [0.2, 0.25) is 0 Å². The number of aliphatic imine (C=N–C) groups is 1. The lowest BCUT2D eigenvalue weighted by molar-refractivity contribution is 0.100. The number of nitrogens with zero attached hydrogens (tertiary/aromatic N) is 2. The number of carbonyl (C=O) groups is 1. The van der Waals surface area contributed by atoms with Crippen molar-refractivity contribution in [3.05, 3.63) is 77.6 Å². The monoisotopic (exact) mass is 314 g/mol. The molecule has 0 aliphatic carbocycles. The average molecular weight is 314 g/mol. The Balaban J connectivity index is 2.25. The van der Waals surface area contributed by atoms with Gasteiger partial charge in [0.1, 0.15) is 0 Å². The molecule has 3 aromatic carbocycles. The van der Waals surface area contributed by atoms with Gasteiger partial charge in [0.15, 0.2) is 11.6 Å². The van der Waals surface area contributed by atoms with Crippen LogP contribution in [0.3, 0.4) is 0 Å². The van der Waals surface area contributed by atoms with Crippen LogP contribution in [0, 0.1) is 6.57 Å². The molecule has 1 amide bonds. The molecule has 0 radical (unpaired) electrons. The molecule has 0 aliphatic heterocycles. The van der Waals surface area contributed by atoms with E-state index < -0.39 is 5.91 Å². The first-order chi connectivity index (χ1) is 11.6. The van der Waals surface area contributed by atoms with Gasteiger partial charge in [0, 0.05) is 5.56 Å². The highest BCUT2D eigenvalue weighted by Gasteiger charge is 2.11. The first-order valence-corrected chi connectivity index (χ1v) is 7.24. The second-order valence-electron chi connectivity index (χ2n) is 5.21. The molecule has 0 saturated carbocycles. The summed E-state index contributed by atoms with van der Waals surface area (Å²) in [5, 5.41) is 1.83. The lowest BCUT2D eigenvalue weighted by Gasteiger charge is -2.09. The summed E-state index contributed by atoms with van der Waals surface area (Å²) in [6.07, 6.45) is 0. The fourth-order valence-corrected chi connectivity index (χ4v) is 2.62. The summed E-state index contributed by atoms with van der Waals surface area (Å²) in [5.41, 5.74) is 13.2. The maximum atomic E-state index is 12.1. The summed E-state index contributed by atoms with van der Waals surface area (Å²) >= 11 is 0. The Kier molecular flexibility index (Phi) is 3.96. The number of guanidine groups is 1. The molecule has 5 heteroatoms. The predicted molar refractivity (Wildman–Crippen MR) is 95.8 cm³/mol. The number of carbonyl (C=O) groups excluding carboxylic acids is 1. The van der Waals surface area contributed by atoms with E-state index in [1.807, 2.05) is 42.5 Å². The van der Waals surface area contributed by atoms with E-state index in [9.17, 15) is 4.79 Å². The van der Waals surface area contributed by atoms with Gasteiger partial charge in [-0.2, -0.15) is 4.99 Å². The van der Waals surface area contributed by atoms with Crippen LogP contribution in [0.25, 0.3) is 26.7 Å². The van der Waals surface area contributed by atoms with Gasteiger partial charge in [0.05, 0.1) is 6.57 Å². The second kappa shape index (κ2) is 6.23. The third-order valence-corrected chi connectivity index (χ3v) is 3.67. The van der Waals surface area contributed by atoms with Crippen LogP contribution in [0.2, 0.25) is 0 Å². The molecule has 0 spiro atoms. The van der Waals surface area contributed by atoms with Crippen LogP contribution >= 0.6 is 0 Å². The molecular weight excluding hydrogens is 300 g/mol. The molecule has 0 atom stereocenters. The van der Waals surface area contributed by atoms with Crippen molar-refractivity contribution in [1.29, 1.82) is 0 Å². The minimum absolute atomic E-state index is 0.272. The Morgan fingerprint density at radius 1 is 0.958 bits per heavy atom. The van der Waals surface area contributed by atoms with E-state index in [1.165, 1.54) is 0 Å². The highest BCUT2D eigenvalue weighted by molar-refractivity contribution is 6.07. The van der Waals surface area contributed by atoms with Crippen molar-refractivity contribution in [3.63, 3.8) is 0 Å². The molecule has 116 valence electrons. The molecule has 0 fully saturated rings. The number of para-hydroxylation sites is 1. The third kappa shape index (κ3) is 2.81. The molecule has 0 heterocycles. The highest BCUT2D eigenvalue weighted by Crippen LogP contribution is 2.35. The molecule has 5 nitrogen and oxygen atoms in total. The normalized spacial score (nSPS) is 10.1. The Labute approximate surface area is 139 Å². The fourth-order valence-electron chi connectivity index (χ4n) is 2.62. The Morgan fingerprint density at radius 2 is 1.71 bits per heavy atom. The number of hydrogen-bond donors (Lipinski definition) is 2. The maximum Gasteiger partial charge on any atom is 0.280 e. The molecule has 0 saturated heterocycles. The van der Waals surface area contributed by atoms with Crippen molar-refractivity contribution in [3.8, 4) is 11.1 Å². The summed E-state index contributed by atoms with van der Waals surface area (Å²) in [6, 6.07) is 18.5. The molecule has 3 aromatic rings. The average Bonchev–Trinajstić information content (AvgIpc) is 2.60. The number of rotatable bonds is 2. The van der Waals surface area contributed by atoms with Crippen molar-refractivity contribution in [2.24, 2.45) is 16.5 Å². The lowest BCUT2D eigenvalue weighted by atomic mass is 9.95. The molecular formula is C19H14N4O. The smallest absolute Gasteiger partial charge is 0.280 e. The van der Waals surface area contributed by atoms with Crippen molar-refractivity contribution < 1.29 is 4.79 Å². The Hall–Kier alpha value is -3.65. The fraction of sp³-hybridized carbons (Fsp3) is 0. The van der Waals surface area contributed by atoms with Crippen LogP contribution in [0.1, 0.15) is 10.4 Å². The van der Waals surface area contributed by atoms with E-state index in [0.29, 0.717) is 11.3 Å². The number of hydrogen-bond acceptors (Lipinski definition) is 1. The summed E-state index contributed by atoms with van der Waals surface area (Å²) in [7, 11) is 0. The number of fused-ring (bicyclic) bond motifs is 1.